The predicted octanol–water partition coefficient (Wildman–Crippen LogP) is 5.51. The van der Waals surface area contributed by atoms with Crippen molar-refractivity contribution >= 4 is 24.1 Å². The first-order chi connectivity index (χ1) is 18.9. The van der Waals surface area contributed by atoms with Gasteiger partial charge in [-0.2, -0.15) is 0 Å². The maximum atomic E-state index is 12.5. The lowest BCUT2D eigenvalue weighted by molar-refractivity contribution is -0.148. The van der Waals surface area contributed by atoms with Gasteiger partial charge in [-0.05, 0) is 56.2 Å². The standard InChI is InChI=1S/C30H47NO9/c1-8-11-21(6)37-30(35)38-22(7)18-36-29(34)24(31)16-23-12-13-25(39-27(32)14-19(4)9-2)26(17-23)40-28(33)15-20(5)10-3/h12-13,17,19-22,24H,8-11,14-16,18,31H2,1-7H3/t19?,20?,21?,22-,24-/m0/s1. The van der Waals surface area contributed by atoms with Crippen LogP contribution in [0.2, 0.25) is 0 Å². The van der Waals surface area contributed by atoms with Crippen LogP contribution < -0.4 is 15.2 Å². The molecule has 0 bridgehead atoms. The summed E-state index contributed by atoms with van der Waals surface area (Å²) in [5.74, 6) is -1.09. The van der Waals surface area contributed by atoms with Crippen LogP contribution in [-0.2, 0) is 35.0 Å². The molecule has 0 fully saturated rings. The van der Waals surface area contributed by atoms with Gasteiger partial charge in [0.15, 0.2) is 11.5 Å². The van der Waals surface area contributed by atoms with Gasteiger partial charge in [0.1, 0.15) is 24.9 Å². The fourth-order valence-corrected chi connectivity index (χ4v) is 3.53. The predicted molar refractivity (Wildman–Crippen MR) is 150 cm³/mol. The number of carbonyl (C=O) groups is 4. The van der Waals surface area contributed by atoms with Crippen LogP contribution in [0, 0.1) is 11.8 Å². The smallest absolute Gasteiger partial charge is 0.461 e. The first-order valence-corrected chi connectivity index (χ1v) is 14.2. The van der Waals surface area contributed by atoms with Crippen LogP contribution in [0.25, 0.3) is 0 Å². The van der Waals surface area contributed by atoms with E-state index in [0.29, 0.717) is 12.0 Å². The zero-order valence-corrected chi connectivity index (χ0v) is 25.0. The normalized spacial score (nSPS) is 14.7. The molecule has 0 heterocycles. The summed E-state index contributed by atoms with van der Waals surface area (Å²) in [6.07, 6.45) is 1.91. The molecule has 2 N–H and O–H groups in total. The Morgan fingerprint density at radius 2 is 1.35 bits per heavy atom. The van der Waals surface area contributed by atoms with Crippen molar-refractivity contribution in [2.75, 3.05) is 6.61 Å². The zero-order valence-electron chi connectivity index (χ0n) is 25.0. The minimum Gasteiger partial charge on any atom is -0.461 e. The largest absolute Gasteiger partial charge is 0.508 e. The van der Waals surface area contributed by atoms with E-state index in [1.807, 2.05) is 34.6 Å². The molecular formula is C30H47NO9. The Hall–Kier alpha value is -3.14. The molecule has 1 aromatic carbocycles. The van der Waals surface area contributed by atoms with Crippen LogP contribution in [0.3, 0.4) is 0 Å². The number of nitrogens with two attached hydrogens (primary N) is 1. The van der Waals surface area contributed by atoms with E-state index in [4.69, 9.17) is 29.4 Å². The minimum atomic E-state index is -1.04. The number of benzene rings is 1. The summed E-state index contributed by atoms with van der Waals surface area (Å²) < 4.78 is 26.5. The second-order valence-electron chi connectivity index (χ2n) is 10.5. The van der Waals surface area contributed by atoms with Crippen LogP contribution in [0.4, 0.5) is 4.79 Å². The van der Waals surface area contributed by atoms with E-state index in [1.54, 1.807) is 19.9 Å². The van der Waals surface area contributed by atoms with E-state index in [2.05, 4.69) is 0 Å². The first-order valence-electron chi connectivity index (χ1n) is 14.2. The fraction of sp³-hybridized carbons (Fsp3) is 0.667. The molecule has 5 atom stereocenters. The SMILES string of the molecule is CCCC(C)OC(=O)O[C@@H](C)COC(=O)[C@@H](N)Cc1ccc(OC(=O)CC(C)CC)c(OC(=O)CC(C)CC)c1. The maximum absolute atomic E-state index is 12.5. The Labute approximate surface area is 238 Å². The van der Waals surface area contributed by atoms with Crippen LogP contribution in [-0.4, -0.2) is 48.9 Å². The lowest BCUT2D eigenvalue weighted by Crippen LogP contribution is -2.36. The van der Waals surface area contributed by atoms with Gasteiger partial charge >= 0.3 is 24.1 Å². The van der Waals surface area contributed by atoms with Gasteiger partial charge in [-0.25, -0.2) is 4.79 Å². The molecule has 0 amide bonds. The second-order valence-corrected chi connectivity index (χ2v) is 10.5. The summed E-state index contributed by atoms with van der Waals surface area (Å²) in [6, 6.07) is 3.66. The van der Waals surface area contributed by atoms with Gasteiger partial charge < -0.3 is 29.4 Å². The molecule has 3 unspecified atom stereocenters. The number of rotatable bonds is 17. The van der Waals surface area contributed by atoms with Crippen LogP contribution in [0.1, 0.15) is 92.6 Å². The van der Waals surface area contributed by atoms with Gasteiger partial charge in [0, 0.05) is 12.8 Å². The molecule has 0 saturated heterocycles. The van der Waals surface area contributed by atoms with Gasteiger partial charge in [0.05, 0.1) is 0 Å². The average molecular weight is 566 g/mol. The number of carbonyl (C=O) groups excluding carboxylic acids is 4. The molecule has 226 valence electrons. The Morgan fingerprint density at radius 3 is 1.90 bits per heavy atom. The Balaban J connectivity index is 2.83. The van der Waals surface area contributed by atoms with Crippen molar-refractivity contribution < 1.29 is 42.9 Å². The van der Waals surface area contributed by atoms with Crippen molar-refractivity contribution in [2.45, 2.75) is 112 Å². The monoisotopic (exact) mass is 565 g/mol. The molecule has 0 aliphatic carbocycles. The van der Waals surface area contributed by atoms with E-state index < -0.39 is 36.2 Å². The molecule has 0 aliphatic heterocycles. The molecule has 10 nitrogen and oxygen atoms in total. The van der Waals surface area contributed by atoms with Gasteiger partial charge in [0.25, 0.3) is 0 Å². The van der Waals surface area contributed by atoms with E-state index >= 15 is 0 Å². The van der Waals surface area contributed by atoms with Gasteiger partial charge in [-0.1, -0.05) is 59.9 Å². The molecule has 0 aromatic heterocycles. The maximum Gasteiger partial charge on any atom is 0.508 e. The highest BCUT2D eigenvalue weighted by molar-refractivity contribution is 5.77. The average Bonchev–Trinajstić information content (AvgIpc) is 2.88. The highest BCUT2D eigenvalue weighted by Crippen LogP contribution is 2.30. The van der Waals surface area contributed by atoms with Crippen LogP contribution in [0.15, 0.2) is 18.2 Å². The molecule has 0 spiro atoms. The Morgan fingerprint density at radius 1 is 0.800 bits per heavy atom. The van der Waals surface area contributed by atoms with Gasteiger partial charge in [0.2, 0.25) is 0 Å². The topological polar surface area (TPSA) is 140 Å². The van der Waals surface area contributed by atoms with Crippen molar-refractivity contribution in [3.05, 3.63) is 23.8 Å². The van der Waals surface area contributed by atoms with E-state index in [9.17, 15) is 19.2 Å². The molecule has 0 aliphatic rings. The van der Waals surface area contributed by atoms with Crippen molar-refractivity contribution in [2.24, 2.45) is 17.6 Å². The van der Waals surface area contributed by atoms with Gasteiger partial charge in [-0.3, -0.25) is 14.4 Å². The summed E-state index contributed by atoms with van der Waals surface area (Å²) in [5, 5.41) is 0. The number of ether oxygens (including phenoxy) is 5. The first kappa shape index (κ1) is 34.9. The third kappa shape index (κ3) is 13.8. The molecule has 40 heavy (non-hydrogen) atoms. The van der Waals surface area contributed by atoms with Crippen molar-refractivity contribution in [3.63, 3.8) is 0 Å². The molecule has 1 aromatic rings. The summed E-state index contributed by atoms with van der Waals surface area (Å²) in [7, 11) is 0. The van der Waals surface area contributed by atoms with Crippen molar-refractivity contribution in [3.8, 4) is 11.5 Å². The molecule has 0 saturated carbocycles. The second kappa shape index (κ2) is 18.3. The van der Waals surface area contributed by atoms with E-state index in [1.165, 1.54) is 12.1 Å². The zero-order chi connectivity index (χ0) is 30.2. The third-order valence-electron chi connectivity index (χ3n) is 6.39. The lowest BCUT2D eigenvalue weighted by Gasteiger charge is -2.18. The number of esters is 3. The molecule has 0 radical (unpaired) electrons. The van der Waals surface area contributed by atoms with E-state index in [-0.39, 0.29) is 55.3 Å². The molecule has 10 heteroatoms. The fourth-order valence-electron chi connectivity index (χ4n) is 3.53. The summed E-state index contributed by atoms with van der Waals surface area (Å²) in [5.41, 5.74) is 6.64. The molecular weight excluding hydrogens is 518 g/mol. The highest BCUT2D eigenvalue weighted by Gasteiger charge is 2.22. The van der Waals surface area contributed by atoms with Crippen molar-refractivity contribution in [1.29, 1.82) is 0 Å². The van der Waals surface area contributed by atoms with Crippen LogP contribution in [0.5, 0.6) is 11.5 Å². The summed E-state index contributed by atoms with van der Waals surface area (Å²) >= 11 is 0. The minimum absolute atomic E-state index is 0.0711. The Bertz CT molecular complexity index is 964. The lowest BCUT2D eigenvalue weighted by atomic mass is 10.0. The van der Waals surface area contributed by atoms with Crippen LogP contribution >= 0.6 is 0 Å². The highest BCUT2D eigenvalue weighted by atomic mass is 16.7. The third-order valence-corrected chi connectivity index (χ3v) is 6.39. The number of hydrogen-bond donors (Lipinski definition) is 1. The summed E-state index contributed by atoms with van der Waals surface area (Å²) in [6.45, 7) is 13.0. The van der Waals surface area contributed by atoms with Gasteiger partial charge in [-0.15, -0.1) is 0 Å². The number of hydrogen-bond acceptors (Lipinski definition) is 10. The molecule has 1 rings (SSSR count). The summed E-state index contributed by atoms with van der Waals surface area (Å²) in [4.78, 5) is 49.2. The van der Waals surface area contributed by atoms with E-state index in [0.717, 1.165) is 19.3 Å². The van der Waals surface area contributed by atoms with Crippen molar-refractivity contribution in [1.82, 2.24) is 0 Å². The Kier molecular flexibility index (Phi) is 15.9. The quantitative estimate of drug-likeness (QED) is 0.190.